The third kappa shape index (κ3) is 2.26. The molecule has 2 rings (SSSR count). The van der Waals surface area contributed by atoms with Gasteiger partial charge >= 0.3 is 0 Å². The van der Waals surface area contributed by atoms with Crippen molar-refractivity contribution in [2.24, 2.45) is 7.05 Å². The van der Waals surface area contributed by atoms with Gasteiger partial charge in [-0.15, -0.1) is 0 Å². The summed E-state index contributed by atoms with van der Waals surface area (Å²) < 4.78 is 2.04. The molecule has 2 aromatic rings. The van der Waals surface area contributed by atoms with E-state index in [4.69, 9.17) is 0 Å². The maximum Gasteiger partial charge on any atom is 0.0102 e. The fourth-order valence-electron chi connectivity index (χ4n) is 1.19. The van der Waals surface area contributed by atoms with Gasteiger partial charge in [-0.1, -0.05) is 6.20 Å². The molecule has 0 aromatic carbocycles. The molecule has 0 amide bonds. The molecule has 1 radical (unpaired) electrons. The number of hydrogen-bond donors (Lipinski definition) is 0. The first kappa shape index (κ1) is 10.6. The summed E-state index contributed by atoms with van der Waals surface area (Å²) >= 11 is 0. The minimum absolute atomic E-state index is 0. The number of nitrogens with zero attached hydrogens (tertiary/aromatic N) is 2. The topological polar surface area (TPSA) is 17.8 Å². The van der Waals surface area contributed by atoms with Crippen LogP contribution in [0.15, 0.2) is 36.7 Å². The van der Waals surface area contributed by atoms with Crippen LogP contribution in [-0.4, -0.2) is 9.55 Å². The monoisotopic (exact) mass is 246 g/mol. The van der Waals surface area contributed by atoms with Gasteiger partial charge < -0.3 is 9.55 Å². The zero-order valence-electron chi connectivity index (χ0n) is 7.44. The molecule has 0 saturated heterocycles. The van der Waals surface area contributed by atoms with Crippen molar-refractivity contribution in [2.45, 2.75) is 0 Å². The van der Waals surface area contributed by atoms with Crippen LogP contribution in [0.5, 0.6) is 0 Å². The molecule has 0 saturated carbocycles. The first-order valence-electron chi connectivity index (χ1n) is 3.82. The Hall–Kier alpha value is -0.466. The molecule has 0 N–H and O–H groups in total. The Labute approximate surface area is 103 Å². The predicted octanol–water partition coefficient (Wildman–Crippen LogP) is 1.88. The maximum absolute atomic E-state index is 4.23. The Kier molecular flexibility index (Phi) is 3.82. The number of pyridine rings is 1. The molecule has 2 aromatic heterocycles. The Bertz CT molecular complexity index is 367. The van der Waals surface area contributed by atoms with Crippen LogP contribution in [-0.2, 0) is 39.8 Å². The van der Waals surface area contributed by atoms with Gasteiger partial charge in [-0.05, 0) is 17.8 Å². The molecular weight excluding hydrogens is 237 g/mol. The van der Waals surface area contributed by atoms with Crippen LogP contribution in [0.1, 0.15) is 0 Å². The van der Waals surface area contributed by atoms with Crippen molar-refractivity contribution in [3.05, 3.63) is 42.7 Å². The second-order valence-corrected chi connectivity index (χ2v) is 2.65. The first-order chi connectivity index (χ1) is 5.88. The summed E-state index contributed by atoms with van der Waals surface area (Å²) in [6, 6.07) is 10.7. The SMILES string of the molecule is Cn1cccc1-c1c[c-]ccn1.[Y]. The van der Waals surface area contributed by atoms with Gasteiger partial charge in [-0.3, -0.25) is 0 Å². The van der Waals surface area contributed by atoms with Crippen molar-refractivity contribution in [2.75, 3.05) is 0 Å². The first-order valence-corrected chi connectivity index (χ1v) is 3.82. The smallest absolute Gasteiger partial charge is 0.0102 e. The average molecular weight is 246 g/mol. The minimum Gasteiger partial charge on any atom is -0.381 e. The van der Waals surface area contributed by atoms with Crippen LogP contribution in [0.2, 0.25) is 0 Å². The summed E-state index contributed by atoms with van der Waals surface area (Å²) in [5, 5.41) is 0. The summed E-state index contributed by atoms with van der Waals surface area (Å²) in [4.78, 5) is 4.23. The van der Waals surface area contributed by atoms with Crippen molar-refractivity contribution < 1.29 is 32.7 Å². The molecule has 0 atom stereocenters. The van der Waals surface area contributed by atoms with Crippen molar-refractivity contribution in [1.29, 1.82) is 0 Å². The van der Waals surface area contributed by atoms with Gasteiger partial charge in [0.2, 0.25) is 0 Å². The summed E-state index contributed by atoms with van der Waals surface area (Å²) in [6.07, 6.45) is 3.76. The molecule has 0 aliphatic rings. The standard InChI is InChI=1S/C10H9N2.Y/c1-12-8-4-6-10(12)9-5-2-3-7-11-9;/h3-8H,1H3;/q-1;. The number of aromatic nitrogens is 2. The molecule has 0 aliphatic carbocycles. The van der Waals surface area contributed by atoms with Crippen LogP contribution in [0.4, 0.5) is 0 Å². The fraction of sp³-hybridized carbons (Fsp3) is 0.100. The Morgan fingerprint density at radius 1 is 1.46 bits per heavy atom. The van der Waals surface area contributed by atoms with E-state index in [2.05, 4.69) is 11.1 Å². The zero-order valence-corrected chi connectivity index (χ0v) is 10.3. The van der Waals surface area contributed by atoms with Gasteiger partial charge in [0.05, 0.1) is 0 Å². The van der Waals surface area contributed by atoms with Gasteiger partial charge in [0.1, 0.15) is 0 Å². The van der Waals surface area contributed by atoms with Crippen LogP contribution in [0.3, 0.4) is 0 Å². The number of rotatable bonds is 1. The molecule has 2 heterocycles. The van der Waals surface area contributed by atoms with Gasteiger partial charge in [0.25, 0.3) is 0 Å². The van der Waals surface area contributed by atoms with Crippen molar-refractivity contribution in [3.63, 3.8) is 0 Å². The molecule has 63 valence electrons. The summed E-state index contributed by atoms with van der Waals surface area (Å²) in [7, 11) is 2.00. The van der Waals surface area contributed by atoms with Crippen LogP contribution in [0.25, 0.3) is 11.4 Å². The van der Waals surface area contributed by atoms with Gasteiger partial charge in [0.15, 0.2) is 0 Å². The van der Waals surface area contributed by atoms with E-state index in [0.717, 1.165) is 11.4 Å². The van der Waals surface area contributed by atoms with E-state index in [0.29, 0.717) is 0 Å². The fourth-order valence-corrected chi connectivity index (χ4v) is 1.19. The second kappa shape index (κ2) is 4.68. The Morgan fingerprint density at radius 2 is 2.31 bits per heavy atom. The van der Waals surface area contributed by atoms with Crippen molar-refractivity contribution >= 4 is 0 Å². The third-order valence-electron chi connectivity index (χ3n) is 1.81. The molecular formula is C10H9N2Y-. The van der Waals surface area contributed by atoms with Gasteiger partial charge in [0, 0.05) is 51.6 Å². The normalized spacial score (nSPS) is 9.31. The molecule has 0 aliphatic heterocycles. The third-order valence-corrected chi connectivity index (χ3v) is 1.81. The van der Waals surface area contributed by atoms with E-state index in [9.17, 15) is 0 Å². The number of hydrogen-bond acceptors (Lipinski definition) is 1. The van der Waals surface area contributed by atoms with E-state index in [1.807, 2.05) is 36.0 Å². The Morgan fingerprint density at radius 3 is 2.85 bits per heavy atom. The zero-order chi connectivity index (χ0) is 8.39. The molecule has 0 unspecified atom stereocenters. The van der Waals surface area contributed by atoms with Crippen molar-refractivity contribution in [3.8, 4) is 11.4 Å². The quantitative estimate of drug-likeness (QED) is 0.702. The van der Waals surface area contributed by atoms with E-state index < -0.39 is 0 Å². The van der Waals surface area contributed by atoms with E-state index >= 15 is 0 Å². The van der Waals surface area contributed by atoms with E-state index in [1.54, 1.807) is 12.3 Å². The maximum atomic E-state index is 4.23. The predicted molar refractivity (Wildman–Crippen MR) is 47.5 cm³/mol. The summed E-state index contributed by atoms with van der Waals surface area (Å²) in [5.74, 6) is 0. The van der Waals surface area contributed by atoms with E-state index in [1.165, 1.54) is 0 Å². The summed E-state index contributed by atoms with van der Waals surface area (Å²) in [6.45, 7) is 0. The van der Waals surface area contributed by atoms with Crippen LogP contribution < -0.4 is 0 Å². The summed E-state index contributed by atoms with van der Waals surface area (Å²) in [5.41, 5.74) is 2.08. The van der Waals surface area contributed by atoms with Gasteiger partial charge in [-0.25, -0.2) is 0 Å². The minimum atomic E-state index is 0. The molecule has 0 fully saturated rings. The Balaban J connectivity index is 0.000000845. The van der Waals surface area contributed by atoms with Crippen LogP contribution >= 0.6 is 0 Å². The van der Waals surface area contributed by atoms with Crippen molar-refractivity contribution in [1.82, 2.24) is 9.55 Å². The largest absolute Gasteiger partial charge is 0.381 e. The molecule has 3 heteroatoms. The second-order valence-electron chi connectivity index (χ2n) is 2.65. The molecule has 0 spiro atoms. The molecule has 0 bridgehead atoms. The molecule has 13 heavy (non-hydrogen) atoms. The molecule has 2 nitrogen and oxygen atoms in total. The van der Waals surface area contributed by atoms with E-state index in [-0.39, 0.29) is 32.7 Å². The van der Waals surface area contributed by atoms with Gasteiger partial charge in [-0.2, -0.15) is 18.2 Å². The number of aryl methyl sites for hydroxylation is 1. The average Bonchev–Trinajstić information content (AvgIpc) is 2.53. The van der Waals surface area contributed by atoms with Crippen LogP contribution in [0, 0.1) is 6.07 Å².